The van der Waals surface area contributed by atoms with Crippen LogP contribution in [0.2, 0.25) is 0 Å². The summed E-state index contributed by atoms with van der Waals surface area (Å²) in [5.41, 5.74) is 13.6. The number of carbonyl (C=O) groups is 1. The van der Waals surface area contributed by atoms with Crippen molar-refractivity contribution in [3.63, 3.8) is 0 Å². The second-order valence-corrected chi connectivity index (χ2v) is 5.34. The molecule has 108 valence electrons. The van der Waals surface area contributed by atoms with E-state index in [9.17, 15) is 4.79 Å². The number of carbonyl (C=O) groups excluding carboxylic acids is 1. The summed E-state index contributed by atoms with van der Waals surface area (Å²) in [7, 11) is 0. The van der Waals surface area contributed by atoms with E-state index in [1.807, 2.05) is 24.3 Å². The summed E-state index contributed by atoms with van der Waals surface area (Å²) in [5, 5.41) is 0. The van der Waals surface area contributed by atoms with Crippen LogP contribution in [0.25, 0.3) is 0 Å². The van der Waals surface area contributed by atoms with Gasteiger partial charge in [0.1, 0.15) is 5.82 Å². The lowest BCUT2D eigenvalue weighted by atomic mass is 10.1. The van der Waals surface area contributed by atoms with Crippen LogP contribution in [0.5, 0.6) is 0 Å². The van der Waals surface area contributed by atoms with Gasteiger partial charge in [0.05, 0.1) is 5.56 Å². The fraction of sp³-hybridized carbons (Fsp3) is 0.250. The number of nitrogen functional groups attached to an aromatic ring is 1. The van der Waals surface area contributed by atoms with Crippen LogP contribution < -0.4 is 16.4 Å². The maximum Gasteiger partial charge on any atom is 0.252 e. The minimum Gasteiger partial charge on any atom is -0.399 e. The summed E-state index contributed by atoms with van der Waals surface area (Å²) in [6, 6.07) is 11.6. The molecule has 4 N–H and O–H groups in total. The lowest BCUT2D eigenvalue weighted by Gasteiger charge is -2.25. The smallest absolute Gasteiger partial charge is 0.252 e. The van der Waals surface area contributed by atoms with Gasteiger partial charge in [0, 0.05) is 24.5 Å². The second kappa shape index (κ2) is 5.44. The van der Waals surface area contributed by atoms with Crippen molar-refractivity contribution in [3.8, 4) is 0 Å². The molecule has 0 saturated heterocycles. The van der Waals surface area contributed by atoms with Crippen molar-refractivity contribution in [2.45, 2.75) is 25.4 Å². The molecule has 5 nitrogen and oxygen atoms in total. The first-order valence-corrected chi connectivity index (χ1v) is 7.01. The quantitative estimate of drug-likeness (QED) is 0.821. The lowest BCUT2D eigenvalue weighted by Crippen LogP contribution is -2.29. The number of benzene rings is 1. The molecule has 0 aliphatic heterocycles. The van der Waals surface area contributed by atoms with E-state index in [1.54, 1.807) is 18.3 Å². The number of hydrogen-bond acceptors (Lipinski definition) is 4. The molecule has 1 heterocycles. The number of nitrogens with two attached hydrogens (primary N) is 2. The van der Waals surface area contributed by atoms with E-state index in [0.29, 0.717) is 24.0 Å². The molecule has 1 aromatic carbocycles. The number of primary amides is 1. The van der Waals surface area contributed by atoms with Crippen LogP contribution in [0.15, 0.2) is 42.6 Å². The number of aromatic nitrogens is 1. The van der Waals surface area contributed by atoms with E-state index in [0.717, 1.165) is 24.1 Å². The molecule has 0 radical (unpaired) electrons. The third-order valence-electron chi connectivity index (χ3n) is 3.62. The average molecular weight is 282 g/mol. The standard InChI is InChI=1S/C16H18N4O/c17-12-4-1-3-11(9-12)10-20(13-6-7-13)16-14(15(18)21)5-2-8-19-16/h1-5,8-9,13H,6-7,10,17H2,(H2,18,21). The fourth-order valence-corrected chi connectivity index (χ4v) is 2.47. The Hall–Kier alpha value is -2.56. The lowest BCUT2D eigenvalue weighted by molar-refractivity contribution is 0.100. The zero-order chi connectivity index (χ0) is 14.8. The number of nitrogens with zero attached hydrogens (tertiary/aromatic N) is 2. The SMILES string of the molecule is NC(=O)c1cccnc1N(Cc1cccc(N)c1)C1CC1. The van der Waals surface area contributed by atoms with Crippen molar-refractivity contribution in [1.29, 1.82) is 0 Å². The van der Waals surface area contributed by atoms with Gasteiger partial charge in [-0.05, 0) is 42.7 Å². The maximum absolute atomic E-state index is 11.6. The van der Waals surface area contributed by atoms with E-state index in [4.69, 9.17) is 11.5 Å². The van der Waals surface area contributed by atoms with Gasteiger partial charge in [-0.15, -0.1) is 0 Å². The number of amides is 1. The molecule has 0 bridgehead atoms. The first-order chi connectivity index (χ1) is 10.1. The molecule has 1 aromatic heterocycles. The molecule has 1 saturated carbocycles. The van der Waals surface area contributed by atoms with Crippen LogP contribution >= 0.6 is 0 Å². The van der Waals surface area contributed by atoms with E-state index < -0.39 is 5.91 Å². The van der Waals surface area contributed by atoms with Gasteiger partial charge in [-0.25, -0.2) is 4.98 Å². The van der Waals surface area contributed by atoms with Gasteiger partial charge in [0.15, 0.2) is 0 Å². The minimum atomic E-state index is -0.448. The predicted octanol–water partition coefficient (Wildman–Crippen LogP) is 1.93. The minimum absolute atomic E-state index is 0.416. The fourth-order valence-electron chi connectivity index (χ4n) is 2.47. The second-order valence-electron chi connectivity index (χ2n) is 5.34. The number of pyridine rings is 1. The van der Waals surface area contributed by atoms with Crippen LogP contribution in [-0.4, -0.2) is 16.9 Å². The van der Waals surface area contributed by atoms with Gasteiger partial charge in [0.25, 0.3) is 5.91 Å². The Morgan fingerprint density at radius 1 is 1.29 bits per heavy atom. The van der Waals surface area contributed by atoms with Crippen LogP contribution in [-0.2, 0) is 6.54 Å². The summed E-state index contributed by atoms with van der Waals surface area (Å²) in [6.07, 6.45) is 3.91. The first kappa shape index (κ1) is 13.4. The molecule has 2 aromatic rings. The highest BCUT2D eigenvalue weighted by atomic mass is 16.1. The summed E-state index contributed by atoms with van der Waals surface area (Å²) < 4.78 is 0. The van der Waals surface area contributed by atoms with E-state index in [1.165, 1.54) is 0 Å². The highest BCUT2D eigenvalue weighted by Crippen LogP contribution is 2.33. The molecular formula is C16H18N4O. The molecule has 1 aliphatic rings. The Morgan fingerprint density at radius 3 is 2.76 bits per heavy atom. The summed E-state index contributed by atoms with van der Waals surface area (Å²) in [5.74, 6) is 0.214. The van der Waals surface area contributed by atoms with Crippen LogP contribution in [0.4, 0.5) is 11.5 Å². The number of rotatable bonds is 5. The third kappa shape index (κ3) is 2.97. The molecule has 0 spiro atoms. The van der Waals surface area contributed by atoms with Gasteiger partial charge >= 0.3 is 0 Å². The molecule has 3 rings (SSSR count). The topological polar surface area (TPSA) is 85.2 Å². The molecule has 0 unspecified atom stereocenters. The molecule has 1 aliphatic carbocycles. The van der Waals surface area contributed by atoms with Crippen LogP contribution in [0.1, 0.15) is 28.8 Å². The zero-order valence-electron chi connectivity index (χ0n) is 11.7. The van der Waals surface area contributed by atoms with Crippen LogP contribution in [0, 0.1) is 0 Å². The molecular weight excluding hydrogens is 264 g/mol. The van der Waals surface area contributed by atoms with Gasteiger partial charge in [-0.1, -0.05) is 12.1 Å². The third-order valence-corrected chi connectivity index (χ3v) is 3.62. The molecule has 21 heavy (non-hydrogen) atoms. The van der Waals surface area contributed by atoms with E-state index in [2.05, 4.69) is 9.88 Å². The van der Waals surface area contributed by atoms with Gasteiger partial charge in [-0.2, -0.15) is 0 Å². The highest BCUT2D eigenvalue weighted by molar-refractivity contribution is 5.97. The monoisotopic (exact) mass is 282 g/mol. The molecule has 0 atom stereocenters. The van der Waals surface area contributed by atoms with Gasteiger partial charge < -0.3 is 16.4 Å². The Balaban J connectivity index is 1.94. The van der Waals surface area contributed by atoms with Crippen molar-refractivity contribution in [3.05, 3.63) is 53.7 Å². The molecule has 5 heteroatoms. The van der Waals surface area contributed by atoms with Crippen LogP contribution in [0.3, 0.4) is 0 Å². The Bertz CT molecular complexity index is 667. The van der Waals surface area contributed by atoms with Crippen molar-refractivity contribution < 1.29 is 4.79 Å². The Kier molecular flexibility index (Phi) is 3.48. The van der Waals surface area contributed by atoms with E-state index in [-0.39, 0.29) is 0 Å². The van der Waals surface area contributed by atoms with Gasteiger partial charge in [0.2, 0.25) is 0 Å². The van der Waals surface area contributed by atoms with Crippen molar-refractivity contribution in [2.75, 3.05) is 10.6 Å². The van der Waals surface area contributed by atoms with Crippen molar-refractivity contribution in [2.24, 2.45) is 5.73 Å². The van der Waals surface area contributed by atoms with E-state index >= 15 is 0 Å². The Labute approximate surface area is 123 Å². The van der Waals surface area contributed by atoms with Gasteiger partial charge in [-0.3, -0.25) is 4.79 Å². The zero-order valence-corrected chi connectivity index (χ0v) is 11.7. The summed E-state index contributed by atoms with van der Waals surface area (Å²) in [6.45, 7) is 0.674. The predicted molar refractivity (Wildman–Crippen MR) is 82.8 cm³/mol. The summed E-state index contributed by atoms with van der Waals surface area (Å²) in [4.78, 5) is 18.1. The normalized spacial score (nSPS) is 13.9. The highest BCUT2D eigenvalue weighted by Gasteiger charge is 2.32. The molecule has 1 fully saturated rings. The summed E-state index contributed by atoms with van der Waals surface area (Å²) >= 11 is 0. The number of anilines is 2. The largest absolute Gasteiger partial charge is 0.399 e. The van der Waals surface area contributed by atoms with Crippen molar-refractivity contribution >= 4 is 17.4 Å². The maximum atomic E-state index is 11.6. The van der Waals surface area contributed by atoms with Crippen molar-refractivity contribution in [1.82, 2.24) is 4.98 Å². The number of hydrogen-bond donors (Lipinski definition) is 2. The Morgan fingerprint density at radius 2 is 2.10 bits per heavy atom. The first-order valence-electron chi connectivity index (χ1n) is 7.01. The molecule has 1 amide bonds. The average Bonchev–Trinajstić information content (AvgIpc) is 3.29.